The zero-order valence-corrected chi connectivity index (χ0v) is 10.3. The maximum absolute atomic E-state index is 10.9. The van der Waals surface area contributed by atoms with Gasteiger partial charge >= 0.3 is 5.97 Å². The molecule has 0 saturated heterocycles. The fraction of sp³-hybridized carbons (Fsp3) is 0.0714. The molecule has 2 nitrogen and oxygen atoms in total. The van der Waals surface area contributed by atoms with Crippen molar-refractivity contribution in [3.8, 4) is 11.1 Å². The minimum absolute atomic E-state index is 0.289. The highest BCUT2D eigenvalue weighted by Gasteiger charge is 2.06. The van der Waals surface area contributed by atoms with E-state index in [9.17, 15) is 4.79 Å². The summed E-state index contributed by atoms with van der Waals surface area (Å²) in [6, 6.07) is 12.0. The summed E-state index contributed by atoms with van der Waals surface area (Å²) in [6.07, 6.45) is 1.71. The van der Waals surface area contributed by atoms with E-state index in [0.717, 1.165) is 4.88 Å². The van der Waals surface area contributed by atoms with E-state index in [4.69, 9.17) is 0 Å². The fourth-order valence-electron chi connectivity index (χ4n) is 1.34. The zero-order valence-electron chi connectivity index (χ0n) is 9.47. The van der Waals surface area contributed by atoms with E-state index in [1.54, 1.807) is 12.1 Å². The predicted octanol–water partition coefficient (Wildman–Crippen LogP) is 3.84. The molecule has 0 atom stereocenters. The van der Waals surface area contributed by atoms with Crippen LogP contribution in [0.5, 0.6) is 0 Å². The van der Waals surface area contributed by atoms with Crippen LogP contribution in [-0.4, -0.2) is 13.1 Å². The van der Waals surface area contributed by atoms with Crippen molar-refractivity contribution < 1.29 is 9.53 Å². The quantitative estimate of drug-likeness (QED) is 0.640. The molecule has 1 aromatic heterocycles. The number of hydrogen-bond donors (Lipinski definition) is 0. The smallest absolute Gasteiger partial charge is 0.348 e. The van der Waals surface area contributed by atoms with E-state index in [1.165, 1.54) is 29.6 Å². The van der Waals surface area contributed by atoms with Crippen LogP contribution in [0.1, 0.15) is 14.5 Å². The highest BCUT2D eigenvalue weighted by Crippen LogP contribution is 2.29. The van der Waals surface area contributed by atoms with Gasteiger partial charge in [0, 0.05) is 4.88 Å². The second kappa shape index (κ2) is 4.97. The van der Waals surface area contributed by atoms with Crippen LogP contribution in [0.25, 0.3) is 17.2 Å². The van der Waals surface area contributed by atoms with Crippen molar-refractivity contribution in [2.45, 2.75) is 0 Å². The van der Waals surface area contributed by atoms with Crippen molar-refractivity contribution in [2.24, 2.45) is 0 Å². The molecule has 3 heteroatoms. The lowest BCUT2D eigenvalue weighted by Crippen LogP contribution is -1.96. The van der Waals surface area contributed by atoms with Crippen LogP contribution >= 0.6 is 11.3 Å². The molecule has 0 fully saturated rings. The van der Waals surface area contributed by atoms with E-state index in [0.29, 0.717) is 4.88 Å². The number of rotatable bonds is 2. The molecule has 2 aliphatic rings. The monoisotopic (exact) mass is 244 g/mol. The summed E-state index contributed by atoms with van der Waals surface area (Å²) in [5.74, 6) is -0.289. The molecular weight excluding hydrogens is 232 g/mol. The number of carbonyl (C=O) groups excluding carboxylic acids is 1. The van der Waals surface area contributed by atoms with Crippen LogP contribution in [0.3, 0.4) is 0 Å². The molecule has 0 bridgehead atoms. The Balaban J connectivity index is 0.000000148. The van der Waals surface area contributed by atoms with Crippen LogP contribution in [0.4, 0.5) is 0 Å². The lowest BCUT2D eigenvalue weighted by atomic mass is 9.95. The van der Waals surface area contributed by atoms with Crippen LogP contribution in [0, 0.1) is 0 Å². The van der Waals surface area contributed by atoms with Gasteiger partial charge in [0.2, 0.25) is 0 Å². The third-order valence-corrected chi connectivity index (χ3v) is 3.49. The average molecular weight is 244 g/mol. The Labute approximate surface area is 104 Å². The summed E-state index contributed by atoms with van der Waals surface area (Å²) in [4.78, 5) is 12.5. The summed E-state index contributed by atoms with van der Waals surface area (Å²) in [5.41, 5.74) is 2.85. The van der Waals surface area contributed by atoms with Crippen molar-refractivity contribution in [1.29, 1.82) is 0 Å². The average Bonchev–Trinajstić information content (AvgIpc) is 2.82. The number of ether oxygens (including phenoxy) is 1. The third-order valence-electron chi connectivity index (χ3n) is 2.43. The molecule has 0 aliphatic heterocycles. The van der Waals surface area contributed by atoms with Crippen molar-refractivity contribution in [3.63, 3.8) is 0 Å². The minimum atomic E-state index is -0.289. The summed E-state index contributed by atoms with van der Waals surface area (Å²) in [6.45, 7) is 3.59. The van der Waals surface area contributed by atoms with E-state index >= 15 is 0 Å². The first kappa shape index (κ1) is 11.6. The third kappa shape index (κ3) is 2.45. The van der Waals surface area contributed by atoms with Gasteiger partial charge in [-0.2, -0.15) is 0 Å². The van der Waals surface area contributed by atoms with Gasteiger partial charge < -0.3 is 4.74 Å². The maximum atomic E-state index is 10.9. The largest absolute Gasteiger partial charge is 0.465 e. The van der Waals surface area contributed by atoms with E-state index in [-0.39, 0.29) is 5.97 Å². The zero-order chi connectivity index (χ0) is 12.3. The van der Waals surface area contributed by atoms with Crippen LogP contribution in [0.2, 0.25) is 0 Å². The van der Waals surface area contributed by atoms with Gasteiger partial charge in [-0.3, -0.25) is 0 Å². The molecule has 0 amide bonds. The lowest BCUT2D eigenvalue weighted by Gasteiger charge is -2.10. The highest BCUT2D eigenvalue weighted by atomic mass is 32.1. The van der Waals surface area contributed by atoms with Gasteiger partial charge in [-0.05, 0) is 23.3 Å². The summed E-state index contributed by atoms with van der Waals surface area (Å²) in [5, 5.41) is 0. The van der Waals surface area contributed by atoms with Gasteiger partial charge in [0.05, 0.1) is 7.11 Å². The highest BCUT2D eigenvalue weighted by molar-refractivity contribution is 7.14. The number of esters is 1. The Morgan fingerprint density at radius 2 is 1.76 bits per heavy atom. The molecule has 0 spiro atoms. The molecule has 1 heterocycles. The summed E-state index contributed by atoms with van der Waals surface area (Å²) < 4.78 is 4.53. The molecule has 86 valence electrons. The molecule has 2 aliphatic carbocycles. The Morgan fingerprint density at radius 3 is 2.06 bits per heavy atom. The Morgan fingerprint density at radius 1 is 1.18 bits per heavy atom. The first-order chi connectivity index (χ1) is 8.24. The predicted molar refractivity (Wildman–Crippen MR) is 71.2 cm³/mol. The summed E-state index contributed by atoms with van der Waals surface area (Å²) in [7, 11) is 1.37. The number of hydrogen-bond acceptors (Lipinski definition) is 3. The van der Waals surface area contributed by atoms with E-state index in [2.05, 4.69) is 35.6 Å². The molecule has 1 aromatic rings. The first-order valence-electron chi connectivity index (χ1n) is 5.15. The normalized spacial score (nSPS) is 9.94. The van der Waals surface area contributed by atoms with Gasteiger partial charge in [0.15, 0.2) is 0 Å². The first-order valence-corrected chi connectivity index (χ1v) is 5.97. The maximum Gasteiger partial charge on any atom is 0.348 e. The Bertz CT molecular complexity index is 517. The molecule has 0 N–H and O–H groups in total. The molecule has 17 heavy (non-hydrogen) atoms. The number of benzene rings is 1. The lowest BCUT2D eigenvalue weighted by molar-refractivity contribution is 0.0606. The van der Waals surface area contributed by atoms with Crippen LogP contribution in [0.15, 0.2) is 43.0 Å². The summed E-state index contributed by atoms with van der Waals surface area (Å²) >= 11 is 1.37. The van der Waals surface area contributed by atoms with E-state index in [1.807, 2.05) is 6.07 Å². The second-order valence-corrected chi connectivity index (χ2v) is 4.59. The van der Waals surface area contributed by atoms with Gasteiger partial charge in [-0.15, -0.1) is 11.3 Å². The molecule has 0 radical (unpaired) electrons. The Hall–Kier alpha value is -1.87. The van der Waals surface area contributed by atoms with Gasteiger partial charge in [-0.25, -0.2) is 4.79 Å². The van der Waals surface area contributed by atoms with Gasteiger partial charge in [0.1, 0.15) is 4.88 Å². The van der Waals surface area contributed by atoms with Crippen molar-refractivity contribution >= 4 is 23.4 Å². The van der Waals surface area contributed by atoms with Crippen molar-refractivity contribution in [2.75, 3.05) is 7.11 Å². The number of carbonyl (C=O) groups is 1. The number of fused-ring (bicyclic) bond motifs is 1. The molecular formula is C14H12O2S. The topological polar surface area (TPSA) is 26.3 Å². The SMILES string of the molecule is C=Cc1ccc(C(=O)OC)s1.c1cc2ccc1-2. The van der Waals surface area contributed by atoms with Gasteiger partial charge in [0.25, 0.3) is 0 Å². The molecule has 0 aromatic carbocycles. The fourth-order valence-corrected chi connectivity index (χ4v) is 2.11. The molecule has 3 rings (SSSR count). The molecule has 0 saturated carbocycles. The standard InChI is InChI=1S/C8H8O2S.C6H4/c1-3-6-4-5-7(11-6)8(9)10-2;1-2-6-4-3-5(1)6/h3-5H,1H2,2H3;1-4H. The minimum Gasteiger partial charge on any atom is -0.465 e. The molecule has 0 unspecified atom stereocenters. The van der Waals surface area contributed by atoms with Crippen molar-refractivity contribution in [3.05, 3.63) is 52.7 Å². The number of methoxy groups -OCH3 is 1. The van der Waals surface area contributed by atoms with Crippen LogP contribution in [-0.2, 0) is 4.74 Å². The second-order valence-electron chi connectivity index (χ2n) is 3.48. The van der Waals surface area contributed by atoms with Gasteiger partial charge in [-0.1, -0.05) is 36.9 Å². The number of thiophene rings is 1. The van der Waals surface area contributed by atoms with E-state index < -0.39 is 0 Å². The Kier molecular flexibility index (Phi) is 3.40. The van der Waals surface area contributed by atoms with Crippen molar-refractivity contribution in [1.82, 2.24) is 0 Å². The van der Waals surface area contributed by atoms with Crippen LogP contribution < -0.4 is 0 Å².